The third kappa shape index (κ3) is 7.40. The van der Waals surface area contributed by atoms with Crippen molar-refractivity contribution in [2.45, 2.75) is 18.8 Å². The van der Waals surface area contributed by atoms with Crippen LogP contribution in [0.15, 0.2) is 5.38 Å². The molecule has 1 fully saturated rings. The fourth-order valence-electron chi connectivity index (χ4n) is 2.97. The van der Waals surface area contributed by atoms with Crippen LogP contribution in [-0.2, 0) is 19.0 Å². The number of terminal acetylenes is 1. The second-order valence-corrected chi connectivity index (χ2v) is 7.64. The van der Waals surface area contributed by atoms with Crippen LogP contribution in [0.1, 0.15) is 34.3 Å². The Morgan fingerprint density at radius 3 is 2.66 bits per heavy atom. The molecule has 2 heterocycles. The van der Waals surface area contributed by atoms with Gasteiger partial charge < -0.3 is 24.0 Å². The Morgan fingerprint density at radius 1 is 1.28 bits per heavy atom. The van der Waals surface area contributed by atoms with Gasteiger partial charge in [-0.1, -0.05) is 5.92 Å². The van der Waals surface area contributed by atoms with Gasteiger partial charge in [0.2, 0.25) is 5.91 Å². The van der Waals surface area contributed by atoms with Crippen LogP contribution in [0.5, 0.6) is 0 Å². The van der Waals surface area contributed by atoms with Crippen molar-refractivity contribution in [1.82, 2.24) is 14.8 Å². The number of carbonyl (C=O) groups is 2. The second-order valence-electron chi connectivity index (χ2n) is 6.75. The van der Waals surface area contributed by atoms with Crippen LogP contribution in [0.3, 0.4) is 0 Å². The highest BCUT2D eigenvalue weighted by Crippen LogP contribution is 2.30. The number of piperidine rings is 1. The summed E-state index contributed by atoms with van der Waals surface area (Å²) < 4.78 is 15.6. The highest BCUT2D eigenvalue weighted by molar-refractivity contribution is 7.09. The van der Waals surface area contributed by atoms with E-state index in [4.69, 9.17) is 20.6 Å². The third-order valence-corrected chi connectivity index (χ3v) is 5.65. The monoisotopic (exact) mass is 423 g/mol. The largest absolute Gasteiger partial charge is 0.382 e. The van der Waals surface area contributed by atoms with Crippen LogP contribution in [-0.4, -0.2) is 93.4 Å². The minimum atomic E-state index is -0.165. The highest BCUT2D eigenvalue weighted by atomic mass is 32.1. The van der Waals surface area contributed by atoms with E-state index in [1.54, 1.807) is 19.5 Å². The number of methoxy groups -OCH3 is 1. The molecule has 1 aromatic rings. The van der Waals surface area contributed by atoms with Crippen LogP contribution in [0.4, 0.5) is 0 Å². The Balaban J connectivity index is 1.70. The number of hydrogen-bond donors (Lipinski definition) is 0. The maximum atomic E-state index is 12.3. The molecule has 0 spiro atoms. The molecule has 0 saturated carbocycles. The van der Waals surface area contributed by atoms with E-state index in [1.807, 2.05) is 4.90 Å². The van der Waals surface area contributed by atoms with Crippen molar-refractivity contribution >= 4 is 23.2 Å². The van der Waals surface area contributed by atoms with Gasteiger partial charge in [0.25, 0.3) is 5.91 Å². The number of likely N-dealkylation sites (tertiary alicyclic amines) is 1. The summed E-state index contributed by atoms with van der Waals surface area (Å²) in [7, 11) is 3.29. The molecular weight excluding hydrogens is 394 g/mol. The Kier molecular flexibility index (Phi) is 10.1. The van der Waals surface area contributed by atoms with E-state index < -0.39 is 0 Å². The smallest absolute Gasteiger partial charge is 0.273 e. The van der Waals surface area contributed by atoms with Gasteiger partial charge in [-0.05, 0) is 12.8 Å². The maximum absolute atomic E-state index is 12.3. The molecule has 0 aliphatic carbocycles. The average Bonchev–Trinajstić information content (AvgIpc) is 3.23. The topological polar surface area (TPSA) is 81.2 Å². The lowest BCUT2D eigenvalue weighted by Gasteiger charge is -2.31. The molecule has 0 unspecified atom stereocenters. The summed E-state index contributed by atoms with van der Waals surface area (Å²) in [5.41, 5.74) is 0.433. The summed E-state index contributed by atoms with van der Waals surface area (Å²) >= 11 is 1.49. The van der Waals surface area contributed by atoms with Gasteiger partial charge in [0.05, 0.1) is 38.0 Å². The number of thiazole rings is 1. The maximum Gasteiger partial charge on any atom is 0.273 e. The van der Waals surface area contributed by atoms with Crippen molar-refractivity contribution in [3.05, 3.63) is 16.1 Å². The Labute approximate surface area is 176 Å². The molecule has 0 N–H and O–H groups in total. The summed E-state index contributed by atoms with van der Waals surface area (Å²) in [6.07, 6.45) is 6.91. The number of hydrogen-bond acceptors (Lipinski definition) is 7. The Bertz CT molecular complexity index is 695. The van der Waals surface area contributed by atoms with Crippen molar-refractivity contribution in [3.8, 4) is 12.3 Å². The minimum Gasteiger partial charge on any atom is -0.382 e. The van der Waals surface area contributed by atoms with Crippen molar-refractivity contribution < 1.29 is 23.8 Å². The van der Waals surface area contributed by atoms with Crippen LogP contribution in [0, 0.1) is 12.3 Å². The quantitative estimate of drug-likeness (QED) is 0.393. The van der Waals surface area contributed by atoms with Crippen LogP contribution >= 0.6 is 11.3 Å². The van der Waals surface area contributed by atoms with Gasteiger partial charge in [-0.25, -0.2) is 4.98 Å². The summed E-state index contributed by atoms with van der Waals surface area (Å²) in [4.78, 5) is 32.3. The van der Waals surface area contributed by atoms with E-state index in [-0.39, 0.29) is 30.9 Å². The lowest BCUT2D eigenvalue weighted by atomic mass is 9.97. The number of ether oxygens (including phenoxy) is 3. The van der Waals surface area contributed by atoms with Gasteiger partial charge in [0, 0.05) is 38.5 Å². The van der Waals surface area contributed by atoms with E-state index >= 15 is 0 Å². The van der Waals surface area contributed by atoms with E-state index in [1.165, 1.54) is 16.2 Å². The van der Waals surface area contributed by atoms with Crippen molar-refractivity contribution in [3.63, 3.8) is 0 Å². The van der Waals surface area contributed by atoms with Gasteiger partial charge in [-0.15, -0.1) is 17.8 Å². The van der Waals surface area contributed by atoms with Gasteiger partial charge in [0.1, 0.15) is 12.3 Å². The molecule has 1 aromatic heterocycles. The number of carbonyl (C=O) groups excluding carboxylic acids is 2. The fourth-order valence-corrected chi connectivity index (χ4v) is 3.93. The molecule has 0 radical (unpaired) electrons. The molecule has 9 heteroatoms. The molecule has 2 rings (SSSR count). The average molecular weight is 424 g/mol. The lowest BCUT2D eigenvalue weighted by Crippen LogP contribution is -2.40. The van der Waals surface area contributed by atoms with Crippen LogP contribution < -0.4 is 0 Å². The summed E-state index contributed by atoms with van der Waals surface area (Å²) in [5.74, 6) is 2.54. The second kappa shape index (κ2) is 12.5. The minimum absolute atomic E-state index is 0.00810. The normalized spacial score (nSPS) is 14.6. The van der Waals surface area contributed by atoms with E-state index in [9.17, 15) is 9.59 Å². The van der Waals surface area contributed by atoms with Crippen molar-refractivity contribution in [2.24, 2.45) is 0 Å². The van der Waals surface area contributed by atoms with Crippen molar-refractivity contribution in [1.29, 1.82) is 0 Å². The molecule has 1 aliphatic rings. The number of amides is 2. The first-order valence-corrected chi connectivity index (χ1v) is 10.5. The Morgan fingerprint density at radius 2 is 1.97 bits per heavy atom. The first-order valence-electron chi connectivity index (χ1n) is 9.63. The first kappa shape index (κ1) is 23.3. The molecule has 29 heavy (non-hydrogen) atoms. The fraction of sp³-hybridized carbons (Fsp3) is 0.650. The van der Waals surface area contributed by atoms with E-state index in [0.717, 1.165) is 17.8 Å². The molecule has 2 amide bonds. The van der Waals surface area contributed by atoms with E-state index in [0.29, 0.717) is 45.2 Å². The standard InChI is InChI=1S/C20H29N3O5S/c1-4-7-22(2)20(25)17-15-29-19(21-17)16-5-8-23(9-6-16)18(24)14-28-13-12-27-11-10-26-3/h1,15-16H,5-14H2,2-3H3. The third-order valence-electron chi connectivity index (χ3n) is 4.64. The molecular formula is C20H29N3O5S. The van der Waals surface area contributed by atoms with Crippen LogP contribution in [0.2, 0.25) is 0 Å². The zero-order valence-electron chi connectivity index (χ0n) is 17.1. The number of nitrogens with zero attached hydrogens (tertiary/aromatic N) is 3. The van der Waals surface area contributed by atoms with Crippen molar-refractivity contribution in [2.75, 3.05) is 66.8 Å². The SMILES string of the molecule is C#CCN(C)C(=O)c1csc(C2CCN(C(=O)COCCOCCOC)CC2)n1. The molecule has 0 atom stereocenters. The molecule has 0 aromatic carbocycles. The van der Waals surface area contributed by atoms with Gasteiger partial charge >= 0.3 is 0 Å². The first-order chi connectivity index (χ1) is 14.1. The summed E-state index contributed by atoms with van der Waals surface area (Å²) in [5, 5.41) is 2.73. The zero-order valence-corrected chi connectivity index (χ0v) is 17.9. The Hall–Kier alpha value is -1.99. The summed E-state index contributed by atoms with van der Waals surface area (Å²) in [6.45, 7) is 3.55. The van der Waals surface area contributed by atoms with E-state index in [2.05, 4.69) is 10.9 Å². The summed E-state index contributed by atoms with van der Waals surface area (Å²) in [6, 6.07) is 0. The molecule has 0 bridgehead atoms. The number of rotatable bonds is 11. The molecule has 1 saturated heterocycles. The zero-order chi connectivity index (χ0) is 21.1. The van der Waals surface area contributed by atoms with Gasteiger partial charge in [-0.3, -0.25) is 9.59 Å². The predicted octanol–water partition coefficient (Wildman–Crippen LogP) is 1.23. The number of aromatic nitrogens is 1. The predicted molar refractivity (Wildman–Crippen MR) is 110 cm³/mol. The highest BCUT2D eigenvalue weighted by Gasteiger charge is 2.26. The van der Waals surface area contributed by atoms with Gasteiger partial charge in [-0.2, -0.15) is 0 Å². The molecule has 1 aliphatic heterocycles. The van der Waals surface area contributed by atoms with Crippen LogP contribution in [0.25, 0.3) is 0 Å². The van der Waals surface area contributed by atoms with Gasteiger partial charge in [0.15, 0.2) is 0 Å². The molecule has 8 nitrogen and oxygen atoms in total. The molecule has 160 valence electrons. The lowest BCUT2D eigenvalue weighted by molar-refractivity contribution is -0.137.